The maximum Gasteiger partial charge on any atom is 0.407 e. The summed E-state index contributed by atoms with van der Waals surface area (Å²) in [5.74, 6) is -1.53. The Balaban J connectivity index is 1.30. The maximum absolute atomic E-state index is 13.2. The van der Waals surface area contributed by atoms with Gasteiger partial charge in [-0.25, -0.2) is 4.79 Å². The predicted octanol–water partition coefficient (Wildman–Crippen LogP) is 3.59. The standard InChI is InChI=1S/C33H42N6O7/c1-5-27(40)38-18-6-8-25(38)30(42)35-22-12-10-21(11-13-22)29(41)34-23-14-16-24(17-15-23)36-31(43)26-9-7-19-39(26)32(44)28(20(2)3)37-33(45)46-4/h10-17,20,25-26,28H,5-9,18-19H2,1-4H3,(H,34,41)(H,35,42)(H,36,43)(H,37,45)/t25-,26-,28-/m0/s1. The lowest BCUT2D eigenvalue weighted by Crippen LogP contribution is -2.54. The van der Waals surface area contributed by atoms with Gasteiger partial charge in [0.1, 0.15) is 18.1 Å². The summed E-state index contributed by atoms with van der Waals surface area (Å²) in [6.45, 7) is 6.37. The van der Waals surface area contributed by atoms with Crippen LogP contribution in [0.5, 0.6) is 0 Å². The molecule has 2 aliphatic rings. The summed E-state index contributed by atoms with van der Waals surface area (Å²) in [7, 11) is 1.23. The highest BCUT2D eigenvalue weighted by Gasteiger charge is 2.39. The molecule has 2 aliphatic heterocycles. The molecular formula is C33H42N6O7. The second-order valence-corrected chi connectivity index (χ2v) is 11.7. The number of rotatable bonds is 10. The van der Waals surface area contributed by atoms with Crippen molar-refractivity contribution >= 4 is 52.7 Å². The van der Waals surface area contributed by atoms with Crippen LogP contribution in [0.4, 0.5) is 21.9 Å². The van der Waals surface area contributed by atoms with E-state index in [-0.39, 0.29) is 35.5 Å². The lowest BCUT2D eigenvalue weighted by atomic mass is 10.0. The molecule has 2 aromatic rings. The largest absolute Gasteiger partial charge is 0.453 e. The van der Waals surface area contributed by atoms with Crippen molar-refractivity contribution in [2.75, 3.05) is 36.1 Å². The Hall–Kier alpha value is -4.94. The molecular weight excluding hydrogens is 592 g/mol. The van der Waals surface area contributed by atoms with Crippen LogP contribution in [-0.4, -0.2) is 83.8 Å². The number of ether oxygens (including phenoxy) is 1. The van der Waals surface area contributed by atoms with Crippen LogP contribution in [0.1, 0.15) is 63.2 Å². The molecule has 0 bridgehead atoms. The van der Waals surface area contributed by atoms with Gasteiger partial charge >= 0.3 is 6.09 Å². The molecule has 0 aliphatic carbocycles. The Labute approximate surface area is 268 Å². The van der Waals surface area contributed by atoms with Crippen LogP contribution in [0.2, 0.25) is 0 Å². The van der Waals surface area contributed by atoms with Crippen LogP contribution in [0.25, 0.3) is 0 Å². The average molecular weight is 635 g/mol. The number of amides is 6. The fourth-order valence-corrected chi connectivity index (χ4v) is 5.72. The molecule has 4 N–H and O–H groups in total. The van der Waals surface area contributed by atoms with E-state index in [1.165, 1.54) is 12.0 Å². The van der Waals surface area contributed by atoms with E-state index in [9.17, 15) is 28.8 Å². The minimum absolute atomic E-state index is 0.0429. The molecule has 0 saturated carbocycles. The number of alkyl carbamates (subject to hydrolysis) is 1. The van der Waals surface area contributed by atoms with Gasteiger partial charge in [-0.1, -0.05) is 20.8 Å². The van der Waals surface area contributed by atoms with Crippen molar-refractivity contribution in [1.82, 2.24) is 15.1 Å². The number of methoxy groups -OCH3 is 1. The van der Waals surface area contributed by atoms with Crippen LogP contribution in [0.15, 0.2) is 48.5 Å². The first-order valence-electron chi connectivity index (χ1n) is 15.6. The fourth-order valence-electron chi connectivity index (χ4n) is 5.72. The van der Waals surface area contributed by atoms with Crippen molar-refractivity contribution < 1.29 is 33.5 Å². The SMILES string of the molecule is CCC(=O)N1CCC[C@H]1C(=O)Nc1ccc(C(=O)Nc2ccc(NC(=O)[C@@H]3CCCN3C(=O)[C@@H](NC(=O)OC)C(C)C)cc2)cc1. The summed E-state index contributed by atoms with van der Waals surface area (Å²) in [5, 5.41) is 11.1. The zero-order valence-corrected chi connectivity index (χ0v) is 26.6. The van der Waals surface area contributed by atoms with Crippen molar-refractivity contribution in [3.8, 4) is 0 Å². The second-order valence-electron chi connectivity index (χ2n) is 11.7. The first-order chi connectivity index (χ1) is 22.0. The number of benzene rings is 2. The number of likely N-dealkylation sites (tertiary alicyclic amines) is 2. The van der Waals surface area contributed by atoms with Crippen LogP contribution in [0.3, 0.4) is 0 Å². The number of nitrogens with zero attached hydrogens (tertiary/aromatic N) is 2. The summed E-state index contributed by atoms with van der Waals surface area (Å²) in [4.78, 5) is 79.0. The van der Waals surface area contributed by atoms with Crippen LogP contribution < -0.4 is 21.3 Å². The quantitative estimate of drug-likeness (QED) is 0.310. The van der Waals surface area contributed by atoms with Crippen LogP contribution in [0, 0.1) is 5.92 Å². The number of nitrogens with one attached hydrogen (secondary N) is 4. The molecule has 2 heterocycles. The molecule has 2 aromatic carbocycles. The fraction of sp³-hybridized carbons (Fsp3) is 0.455. The summed E-state index contributed by atoms with van der Waals surface area (Å²) >= 11 is 0. The third-order valence-electron chi connectivity index (χ3n) is 8.23. The zero-order valence-electron chi connectivity index (χ0n) is 26.6. The normalized spacial score (nSPS) is 18.1. The summed E-state index contributed by atoms with van der Waals surface area (Å²) in [5.41, 5.74) is 1.91. The smallest absolute Gasteiger partial charge is 0.407 e. The highest BCUT2D eigenvalue weighted by atomic mass is 16.5. The van der Waals surface area contributed by atoms with E-state index in [0.29, 0.717) is 61.4 Å². The lowest BCUT2D eigenvalue weighted by molar-refractivity contribution is -0.139. The number of carbonyl (C=O) groups is 6. The van der Waals surface area contributed by atoms with Gasteiger partial charge in [0.25, 0.3) is 5.91 Å². The van der Waals surface area contributed by atoms with Gasteiger partial charge in [0, 0.05) is 42.1 Å². The van der Waals surface area contributed by atoms with Crippen molar-refractivity contribution in [3.05, 3.63) is 54.1 Å². The molecule has 2 saturated heterocycles. The van der Waals surface area contributed by atoms with E-state index in [2.05, 4.69) is 26.0 Å². The van der Waals surface area contributed by atoms with Gasteiger partial charge in [0.15, 0.2) is 0 Å². The minimum Gasteiger partial charge on any atom is -0.453 e. The van der Waals surface area contributed by atoms with E-state index in [1.807, 2.05) is 13.8 Å². The monoisotopic (exact) mass is 634 g/mol. The van der Waals surface area contributed by atoms with Gasteiger partial charge in [-0.3, -0.25) is 24.0 Å². The van der Waals surface area contributed by atoms with E-state index in [4.69, 9.17) is 0 Å². The molecule has 13 heteroatoms. The predicted molar refractivity (Wildman–Crippen MR) is 172 cm³/mol. The zero-order chi connectivity index (χ0) is 33.4. The van der Waals surface area contributed by atoms with Crippen LogP contribution >= 0.6 is 0 Å². The molecule has 0 spiro atoms. The summed E-state index contributed by atoms with van der Waals surface area (Å²) < 4.78 is 4.65. The number of anilines is 3. The van der Waals surface area contributed by atoms with Gasteiger partial charge < -0.3 is 35.8 Å². The Kier molecular flexibility index (Phi) is 11.3. The molecule has 2 fully saturated rings. The van der Waals surface area contributed by atoms with E-state index in [1.54, 1.807) is 60.4 Å². The summed E-state index contributed by atoms with van der Waals surface area (Å²) in [6, 6.07) is 11.1. The van der Waals surface area contributed by atoms with Gasteiger partial charge in [-0.05, 0) is 80.1 Å². The molecule has 3 atom stereocenters. The van der Waals surface area contributed by atoms with Gasteiger partial charge in [-0.15, -0.1) is 0 Å². The minimum atomic E-state index is -0.820. The Morgan fingerprint density at radius 1 is 0.761 bits per heavy atom. The molecule has 46 heavy (non-hydrogen) atoms. The highest BCUT2D eigenvalue weighted by molar-refractivity contribution is 6.05. The summed E-state index contributed by atoms with van der Waals surface area (Å²) in [6.07, 6.45) is 2.20. The van der Waals surface area contributed by atoms with Crippen molar-refractivity contribution in [2.24, 2.45) is 5.92 Å². The van der Waals surface area contributed by atoms with Gasteiger partial charge in [0.2, 0.25) is 23.6 Å². The van der Waals surface area contributed by atoms with E-state index < -0.39 is 24.2 Å². The van der Waals surface area contributed by atoms with Crippen molar-refractivity contribution in [3.63, 3.8) is 0 Å². The third-order valence-corrected chi connectivity index (χ3v) is 8.23. The molecule has 13 nitrogen and oxygen atoms in total. The molecule has 0 aromatic heterocycles. The van der Waals surface area contributed by atoms with Crippen molar-refractivity contribution in [1.29, 1.82) is 0 Å². The first kappa shape index (κ1) is 33.9. The molecule has 6 amide bonds. The van der Waals surface area contributed by atoms with Gasteiger partial charge in [-0.2, -0.15) is 0 Å². The molecule has 0 radical (unpaired) electrons. The Morgan fingerprint density at radius 2 is 1.24 bits per heavy atom. The number of carbonyl (C=O) groups excluding carboxylic acids is 6. The third kappa shape index (κ3) is 8.20. The number of hydrogen-bond acceptors (Lipinski definition) is 7. The van der Waals surface area contributed by atoms with Crippen molar-refractivity contribution in [2.45, 2.75) is 71.0 Å². The molecule has 4 rings (SSSR count). The van der Waals surface area contributed by atoms with E-state index in [0.717, 1.165) is 6.42 Å². The maximum atomic E-state index is 13.2. The number of hydrogen-bond donors (Lipinski definition) is 4. The van der Waals surface area contributed by atoms with Crippen LogP contribution in [-0.2, 0) is 23.9 Å². The van der Waals surface area contributed by atoms with Gasteiger partial charge in [0.05, 0.1) is 7.11 Å². The highest BCUT2D eigenvalue weighted by Crippen LogP contribution is 2.24. The van der Waals surface area contributed by atoms with E-state index >= 15 is 0 Å². The second kappa shape index (κ2) is 15.4. The topological polar surface area (TPSA) is 166 Å². The molecule has 246 valence electrons. The Bertz CT molecular complexity index is 1440. The average Bonchev–Trinajstić information content (AvgIpc) is 3.75. The molecule has 0 unspecified atom stereocenters. The lowest BCUT2D eigenvalue weighted by Gasteiger charge is -2.30. The first-order valence-corrected chi connectivity index (χ1v) is 15.6. The Morgan fingerprint density at radius 3 is 1.74 bits per heavy atom.